The van der Waals surface area contributed by atoms with Crippen molar-refractivity contribution in [1.82, 2.24) is 10.2 Å². The van der Waals surface area contributed by atoms with Crippen molar-refractivity contribution in [2.75, 3.05) is 26.2 Å². The molecule has 8 heteroatoms. The lowest BCUT2D eigenvalue weighted by Gasteiger charge is -2.35. The molecule has 1 saturated heterocycles. The van der Waals surface area contributed by atoms with Crippen molar-refractivity contribution in [2.24, 2.45) is 11.1 Å². The minimum absolute atomic E-state index is 0.0511. The van der Waals surface area contributed by atoms with E-state index in [4.69, 9.17) is 17.3 Å². The van der Waals surface area contributed by atoms with E-state index in [0.717, 1.165) is 22.6 Å². The molecule has 1 fully saturated rings. The van der Waals surface area contributed by atoms with Gasteiger partial charge in [0.25, 0.3) is 0 Å². The van der Waals surface area contributed by atoms with Crippen LogP contribution in [0.15, 0.2) is 22.4 Å². The van der Waals surface area contributed by atoms with E-state index in [0.29, 0.717) is 37.4 Å². The van der Waals surface area contributed by atoms with Crippen LogP contribution in [0.2, 0.25) is 0 Å². The highest BCUT2D eigenvalue weighted by molar-refractivity contribution is 6.32. The summed E-state index contributed by atoms with van der Waals surface area (Å²) < 4.78 is 38.2. The number of rotatable bonds is 4. The maximum Gasteiger partial charge on any atom is 0.471 e. The van der Waals surface area contributed by atoms with Crippen molar-refractivity contribution >= 4 is 17.5 Å². The summed E-state index contributed by atoms with van der Waals surface area (Å²) >= 11 is 6.32. The summed E-state index contributed by atoms with van der Waals surface area (Å²) in [7, 11) is 0. The van der Waals surface area contributed by atoms with Gasteiger partial charge in [0, 0.05) is 19.6 Å². The van der Waals surface area contributed by atoms with Crippen molar-refractivity contribution in [3.63, 3.8) is 0 Å². The summed E-state index contributed by atoms with van der Waals surface area (Å²) in [4.78, 5) is 12.5. The fourth-order valence-corrected chi connectivity index (χ4v) is 3.55. The Labute approximate surface area is 144 Å². The lowest BCUT2D eigenvalue weighted by atomic mass is 9.72. The van der Waals surface area contributed by atoms with E-state index in [-0.39, 0.29) is 18.5 Å². The van der Waals surface area contributed by atoms with E-state index in [1.807, 2.05) is 13.0 Å². The molecule has 1 heterocycles. The second kappa shape index (κ2) is 7.35. The molecule has 0 spiro atoms. The molecular weight excluding hydrogens is 343 g/mol. The highest BCUT2D eigenvalue weighted by Crippen LogP contribution is 2.46. The molecule has 2 rings (SSSR count). The fourth-order valence-electron chi connectivity index (χ4n) is 3.30. The largest absolute Gasteiger partial charge is 0.471 e. The maximum absolute atomic E-state index is 12.7. The third-order valence-electron chi connectivity index (χ3n) is 4.78. The Morgan fingerprint density at radius 3 is 2.79 bits per heavy atom. The summed E-state index contributed by atoms with van der Waals surface area (Å²) in [5.41, 5.74) is 7.01. The Balaban J connectivity index is 2.24. The molecule has 0 saturated carbocycles. The van der Waals surface area contributed by atoms with E-state index in [9.17, 15) is 18.0 Å². The minimum atomic E-state index is -4.83. The minimum Gasteiger partial charge on any atom is -0.384 e. The van der Waals surface area contributed by atoms with Gasteiger partial charge in [-0.25, -0.2) is 0 Å². The fraction of sp³-hybridized carbons (Fsp3) is 0.688. The van der Waals surface area contributed by atoms with Crippen LogP contribution >= 0.6 is 11.6 Å². The first-order valence-corrected chi connectivity index (χ1v) is 8.46. The number of allylic oxidation sites excluding steroid dienone is 2. The Hall–Kier alpha value is -1.21. The number of nitrogens with one attached hydrogen (secondary N) is 1. The molecule has 1 aliphatic heterocycles. The van der Waals surface area contributed by atoms with Crippen molar-refractivity contribution in [1.29, 1.82) is 0 Å². The predicted molar refractivity (Wildman–Crippen MR) is 87.2 cm³/mol. The highest BCUT2D eigenvalue weighted by Gasteiger charge is 2.45. The number of likely N-dealkylation sites (tertiary alicyclic amines) is 1. The number of hydrogen-bond acceptors (Lipinski definition) is 3. The second-order valence-electron chi connectivity index (χ2n) is 6.53. The van der Waals surface area contributed by atoms with Crippen LogP contribution in [0.4, 0.5) is 13.2 Å². The van der Waals surface area contributed by atoms with Crippen molar-refractivity contribution in [3.05, 3.63) is 22.4 Å². The summed E-state index contributed by atoms with van der Waals surface area (Å²) in [5, 5.41) is 3.87. The molecule has 0 aromatic carbocycles. The standard InChI is InChI=1S/C16H23ClF3N3O/c1-15-5-3-12(17)13(22-8-2-7-21)11(15)4-9-23(10-6-15)14(24)16(18,19)20/h3,22H,2,4-10,21H2,1H3. The van der Waals surface area contributed by atoms with Crippen molar-refractivity contribution in [2.45, 2.75) is 38.8 Å². The van der Waals surface area contributed by atoms with E-state index in [2.05, 4.69) is 5.32 Å². The molecule has 24 heavy (non-hydrogen) atoms. The van der Waals surface area contributed by atoms with E-state index >= 15 is 0 Å². The molecule has 0 radical (unpaired) electrons. The molecule has 0 bridgehead atoms. The van der Waals surface area contributed by atoms with Gasteiger partial charge in [-0.15, -0.1) is 0 Å². The zero-order valence-electron chi connectivity index (χ0n) is 13.7. The first-order valence-electron chi connectivity index (χ1n) is 8.09. The third kappa shape index (κ3) is 4.06. The number of alkyl halides is 3. The molecule has 1 aliphatic carbocycles. The van der Waals surface area contributed by atoms with Crippen LogP contribution in [0.3, 0.4) is 0 Å². The number of nitrogens with zero attached hydrogens (tertiary/aromatic N) is 1. The van der Waals surface area contributed by atoms with Gasteiger partial charge in [0.15, 0.2) is 0 Å². The first-order chi connectivity index (χ1) is 11.2. The quantitative estimate of drug-likeness (QED) is 0.753. The molecule has 3 N–H and O–H groups in total. The molecule has 1 unspecified atom stereocenters. The van der Waals surface area contributed by atoms with Gasteiger partial charge in [-0.3, -0.25) is 4.79 Å². The number of carbonyl (C=O) groups is 1. The monoisotopic (exact) mass is 365 g/mol. The van der Waals surface area contributed by atoms with Gasteiger partial charge in [-0.2, -0.15) is 13.2 Å². The van der Waals surface area contributed by atoms with Gasteiger partial charge in [0.2, 0.25) is 0 Å². The average molecular weight is 366 g/mol. The van der Waals surface area contributed by atoms with Gasteiger partial charge in [-0.1, -0.05) is 24.6 Å². The van der Waals surface area contributed by atoms with Gasteiger partial charge in [0.05, 0.1) is 10.7 Å². The summed E-state index contributed by atoms with van der Waals surface area (Å²) in [5.74, 6) is -1.76. The van der Waals surface area contributed by atoms with Crippen LogP contribution in [0.1, 0.15) is 32.6 Å². The van der Waals surface area contributed by atoms with Crippen LogP contribution in [0.25, 0.3) is 0 Å². The molecule has 1 atom stereocenters. The summed E-state index contributed by atoms with van der Waals surface area (Å²) in [6.07, 6.45) is -0.631. The zero-order chi connectivity index (χ0) is 18.0. The normalized spacial score (nSPS) is 25.1. The summed E-state index contributed by atoms with van der Waals surface area (Å²) in [6.45, 7) is 3.37. The first kappa shape index (κ1) is 19.1. The molecule has 0 aromatic rings. The van der Waals surface area contributed by atoms with Crippen molar-refractivity contribution in [3.8, 4) is 0 Å². The number of halogens is 4. The topological polar surface area (TPSA) is 58.4 Å². The van der Waals surface area contributed by atoms with Crippen LogP contribution in [0.5, 0.6) is 0 Å². The van der Waals surface area contributed by atoms with Gasteiger partial charge in [0.1, 0.15) is 0 Å². The molecular formula is C16H23ClF3N3O. The lowest BCUT2D eigenvalue weighted by Crippen LogP contribution is -2.41. The number of carbonyl (C=O) groups excluding carboxylic acids is 1. The third-order valence-corrected chi connectivity index (χ3v) is 5.12. The van der Waals surface area contributed by atoms with Crippen LogP contribution in [-0.2, 0) is 4.79 Å². The average Bonchev–Trinajstić information content (AvgIpc) is 2.68. The van der Waals surface area contributed by atoms with Gasteiger partial charge in [-0.05, 0) is 43.2 Å². The zero-order valence-corrected chi connectivity index (χ0v) is 14.4. The Bertz CT molecular complexity index is 559. The Morgan fingerprint density at radius 2 is 2.17 bits per heavy atom. The number of hydrogen-bond donors (Lipinski definition) is 2. The number of fused-ring (bicyclic) bond motifs is 1. The summed E-state index contributed by atoms with van der Waals surface area (Å²) in [6, 6.07) is 0. The number of amides is 1. The van der Waals surface area contributed by atoms with Crippen LogP contribution in [0, 0.1) is 5.41 Å². The Kier molecular flexibility index (Phi) is 5.86. The molecule has 136 valence electrons. The van der Waals surface area contributed by atoms with Crippen molar-refractivity contribution < 1.29 is 18.0 Å². The molecule has 1 amide bonds. The SMILES string of the molecule is CC12CC=C(Cl)C(NCCCN)=C1CCN(C(=O)C(F)(F)F)CC2. The molecule has 2 aliphatic rings. The smallest absolute Gasteiger partial charge is 0.384 e. The maximum atomic E-state index is 12.7. The van der Waals surface area contributed by atoms with E-state index < -0.39 is 12.1 Å². The van der Waals surface area contributed by atoms with Crippen LogP contribution in [-0.4, -0.2) is 43.2 Å². The predicted octanol–water partition coefficient (Wildman–Crippen LogP) is 2.90. The number of nitrogens with two attached hydrogens (primary N) is 1. The van der Waals surface area contributed by atoms with Gasteiger partial charge < -0.3 is 16.0 Å². The van der Waals surface area contributed by atoms with Gasteiger partial charge >= 0.3 is 12.1 Å². The van der Waals surface area contributed by atoms with E-state index in [1.165, 1.54) is 0 Å². The lowest BCUT2D eigenvalue weighted by molar-refractivity contribution is -0.185. The highest BCUT2D eigenvalue weighted by atomic mass is 35.5. The molecule has 0 aromatic heterocycles. The Morgan fingerprint density at radius 1 is 1.46 bits per heavy atom. The van der Waals surface area contributed by atoms with Crippen LogP contribution < -0.4 is 11.1 Å². The van der Waals surface area contributed by atoms with E-state index in [1.54, 1.807) is 0 Å². The molecule has 4 nitrogen and oxygen atoms in total. The second-order valence-corrected chi connectivity index (χ2v) is 6.94.